The molecule has 1 aromatic carbocycles. The maximum absolute atomic E-state index is 8.50. The molecule has 1 rings (SSSR count). The summed E-state index contributed by atoms with van der Waals surface area (Å²) in [6.07, 6.45) is 0.830. The van der Waals surface area contributed by atoms with Crippen LogP contribution in [0.1, 0.15) is 19.8 Å². The highest BCUT2D eigenvalue weighted by molar-refractivity contribution is 6.34. The average Bonchev–Trinajstić information content (AvgIpc) is 2.32. The molecule has 17 heavy (non-hydrogen) atoms. The zero-order valence-corrected chi connectivity index (χ0v) is 10.9. The van der Waals surface area contributed by atoms with Crippen LogP contribution in [0.15, 0.2) is 23.4 Å². The first kappa shape index (κ1) is 13.9. The van der Waals surface area contributed by atoms with E-state index < -0.39 is 0 Å². The lowest BCUT2D eigenvalue weighted by atomic mass is 10.2. The molecular formula is C11H14Cl2N2O2. The van der Waals surface area contributed by atoms with Gasteiger partial charge in [-0.15, -0.1) is 0 Å². The second-order valence-corrected chi connectivity index (χ2v) is 4.36. The molecular weight excluding hydrogens is 263 g/mol. The highest BCUT2D eigenvalue weighted by atomic mass is 35.5. The van der Waals surface area contributed by atoms with Gasteiger partial charge in [0.1, 0.15) is 17.7 Å². The number of benzene rings is 1. The SMILES string of the molecule is CCC(C/C(N)=N/O)Oc1cc(Cl)ccc1Cl. The molecule has 0 aliphatic heterocycles. The van der Waals surface area contributed by atoms with Crippen molar-refractivity contribution >= 4 is 29.0 Å². The van der Waals surface area contributed by atoms with Gasteiger partial charge in [-0.2, -0.15) is 0 Å². The van der Waals surface area contributed by atoms with E-state index in [1.807, 2.05) is 6.92 Å². The molecule has 4 nitrogen and oxygen atoms in total. The molecule has 0 aliphatic rings. The van der Waals surface area contributed by atoms with Crippen LogP contribution in [-0.4, -0.2) is 17.1 Å². The summed E-state index contributed by atoms with van der Waals surface area (Å²) in [5, 5.41) is 12.4. The van der Waals surface area contributed by atoms with Crippen LogP contribution < -0.4 is 10.5 Å². The zero-order chi connectivity index (χ0) is 12.8. The van der Waals surface area contributed by atoms with Gasteiger partial charge in [-0.05, 0) is 18.6 Å². The van der Waals surface area contributed by atoms with E-state index in [4.69, 9.17) is 38.9 Å². The van der Waals surface area contributed by atoms with Crippen molar-refractivity contribution in [3.05, 3.63) is 28.2 Å². The van der Waals surface area contributed by atoms with Gasteiger partial charge in [-0.1, -0.05) is 35.3 Å². The molecule has 6 heteroatoms. The van der Waals surface area contributed by atoms with Gasteiger partial charge in [0.05, 0.1) is 5.02 Å². The number of amidine groups is 1. The Morgan fingerprint density at radius 3 is 2.82 bits per heavy atom. The first-order chi connectivity index (χ1) is 8.06. The molecule has 0 aromatic heterocycles. The van der Waals surface area contributed by atoms with E-state index in [9.17, 15) is 0 Å². The molecule has 0 aliphatic carbocycles. The van der Waals surface area contributed by atoms with Crippen LogP contribution in [0.25, 0.3) is 0 Å². The fourth-order valence-electron chi connectivity index (χ4n) is 1.29. The Kier molecular flexibility index (Phi) is 5.38. The van der Waals surface area contributed by atoms with Crippen molar-refractivity contribution in [1.29, 1.82) is 0 Å². The fourth-order valence-corrected chi connectivity index (χ4v) is 1.61. The van der Waals surface area contributed by atoms with Crippen LogP contribution in [0.3, 0.4) is 0 Å². The monoisotopic (exact) mass is 276 g/mol. The van der Waals surface area contributed by atoms with Crippen molar-refractivity contribution in [2.24, 2.45) is 10.9 Å². The Labute approximate surface area is 110 Å². The standard InChI is InChI=1S/C11H14Cl2N2O2/c1-2-8(6-11(14)15-16)17-10-5-7(12)3-4-9(10)13/h3-5,8,16H,2,6H2,1H3,(H2,14,15). The van der Waals surface area contributed by atoms with Gasteiger partial charge in [0.15, 0.2) is 0 Å². The first-order valence-electron chi connectivity index (χ1n) is 5.15. The molecule has 1 aromatic rings. The molecule has 0 amide bonds. The van der Waals surface area contributed by atoms with Crippen LogP contribution in [0.4, 0.5) is 0 Å². The second-order valence-electron chi connectivity index (χ2n) is 3.52. The maximum atomic E-state index is 8.50. The topological polar surface area (TPSA) is 67.8 Å². The maximum Gasteiger partial charge on any atom is 0.142 e. The van der Waals surface area contributed by atoms with E-state index in [0.717, 1.165) is 0 Å². The number of halogens is 2. The Balaban J connectivity index is 2.76. The van der Waals surface area contributed by atoms with E-state index in [0.29, 0.717) is 28.6 Å². The minimum atomic E-state index is -0.207. The van der Waals surface area contributed by atoms with Crippen molar-refractivity contribution in [2.75, 3.05) is 0 Å². The average molecular weight is 277 g/mol. The summed E-state index contributed by atoms with van der Waals surface area (Å²) in [6.45, 7) is 1.94. The lowest BCUT2D eigenvalue weighted by molar-refractivity contribution is 0.202. The Morgan fingerprint density at radius 2 is 2.24 bits per heavy atom. The third-order valence-corrected chi connectivity index (χ3v) is 2.75. The van der Waals surface area contributed by atoms with Crippen molar-refractivity contribution in [1.82, 2.24) is 0 Å². The molecule has 1 atom stereocenters. The summed E-state index contributed by atoms with van der Waals surface area (Å²) in [5.41, 5.74) is 5.43. The molecule has 0 fully saturated rings. The molecule has 0 heterocycles. The van der Waals surface area contributed by atoms with Gasteiger partial charge >= 0.3 is 0 Å². The van der Waals surface area contributed by atoms with E-state index in [1.165, 1.54) is 0 Å². The fraction of sp³-hybridized carbons (Fsp3) is 0.364. The normalized spacial score (nSPS) is 13.5. The number of oxime groups is 1. The smallest absolute Gasteiger partial charge is 0.142 e. The van der Waals surface area contributed by atoms with Gasteiger partial charge < -0.3 is 15.7 Å². The summed E-state index contributed by atoms with van der Waals surface area (Å²) in [4.78, 5) is 0. The number of rotatable bonds is 5. The van der Waals surface area contributed by atoms with Crippen LogP contribution in [0.5, 0.6) is 5.75 Å². The molecule has 3 N–H and O–H groups in total. The Bertz CT molecular complexity index is 410. The lowest BCUT2D eigenvalue weighted by Gasteiger charge is -2.17. The predicted molar refractivity (Wildman–Crippen MR) is 69.2 cm³/mol. The van der Waals surface area contributed by atoms with Gasteiger partial charge in [0.2, 0.25) is 0 Å². The Hall–Kier alpha value is -1.13. The third kappa shape index (κ3) is 4.32. The summed E-state index contributed by atoms with van der Waals surface area (Å²) in [5.74, 6) is 0.617. The highest BCUT2D eigenvalue weighted by Crippen LogP contribution is 2.29. The van der Waals surface area contributed by atoms with E-state index in [2.05, 4.69) is 5.16 Å². The van der Waals surface area contributed by atoms with Crippen LogP contribution >= 0.6 is 23.2 Å². The minimum absolute atomic E-state index is 0.120. The summed E-state index contributed by atoms with van der Waals surface area (Å²) < 4.78 is 5.66. The van der Waals surface area contributed by atoms with Gasteiger partial charge in [-0.3, -0.25) is 0 Å². The number of hydrogen-bond donors (Lipinski definition) is 2. The molecule has 0 saturated heterocycles. The summed E-state index contributed by atoms with van der Waals surface area (Å²) in [7, 11) is 0. The summed E-state index contributed by atoms with van der Waals surface area (Å²) in [6, 6.07) is 4.98. The minimum Gasteiger partial charge on any atom is -0.488 e. The number of nitrogens with zero attached hydrogens (tertiary/aromatic N) is 1. The summed E-state index contributed by atoms with van der Waals surface area (Å²) >= 11 is 11.8. The first-order valence-corrected chi connectivity index (χ1v) is 5.90. The van der Waals surface area contributed by atoms with Gasteiger partial charge in [-0.25, -0.2) is 0 Å². The van der Waals surface area contributed by atoms with Crippen LogP contribution in [-0.2, 0) is 0 Å². The van der Waals surface area contributed by atoms with E-state index >= 15 is 0 Å². The van der Waals surface area contributed by atoms with Crippen molar-refractivity contribution in [2.45, 2.75) is 25.9 Å². The molecule has 1 unspecified atom stereocenters. The van der Waals surface area contributed by atoms with Gasteiger partial charge in [0, 0.05) is 17.5 Å². The molecule has 0 spiro atoms. The quantitative estimate of drug-likeness (QED) is 0.375. The molecule has 0 bridgehead atoms. The van der Waals surface area contributed by atoms with Crippen LogP contribution in [0, 0.1) is 0 Å². The number of hydrogen-bond acceptors (Lipinski definition) is 3. The number of ether oxygens (including phenoxy) is 1. The number of nitrogens with two attached hydrogens (primary N) is 1. The Morgan fingerprint density at radius 1 is 1.53 bits per heavy atom. The van der Waals surface area contributed by atoms with Crippen molar-refractivity contribution < 1.29 is 9.94 Å². The van der Waals surface area contributed by atoms with E-state index in [-0.39, 0.29) is 11.9 Å². The largest absolute Gasteiger partial charge is 0.488 e. The van der Waals surface area contributed by atoms with Crippen LogP contribution in [0.2, 0.25) is 10.0 Å². The zero-order valence-electron chi connectivity index (χ0n) is 9.36. The molecule has 0 saturated carbocycles. The second kappa shape index (κ2) is 6.57. The van der Waals surface area contributed by atoms with Crippen molar-refractivity contribution in [3.8, 4) is 5.75 Å². The van der Waals surface area contributed by atoms with E-state index in [1.54, 1.807) is 18.2 Å². The predicted octanol–water partition coefficient (Wildman–Crippen LogP) is 3.29. The van der Waals surface area contributed by atoms with Gasteiger partial charge in [0.25, 0.3) is 0 Å². The molecule has 0 radical (unpaired) electrons. The molecule has 94 valence electrons. The van der Waals surface area contributed by atoms with Crippen molar-refractivity contribution in [3.63, 3.8) is 0 Å². The highest BCUT2D eigenvalue weighted by Gasteiger charge is 2.13. The lowest BCUT2D eigenvalue weighted by Crippen LogP contribution is -2.24. The third-order valence-electron chi connectivity index (χ3n) is 2.21.